The van der Waals surface area contributed by atoms with E-state index in [-0.39, 0.29) is 24.0 Å². The number of rotatable bonds is 13. The third-order valence-electron chi connectivity index (χ3n) is 6.22. The molecule has 8 nitrogen and oxygen atoms in total. The summed E-state index contributed by atoms with van der Waals surface area (Å²) in [6.45, 7) is 4.14. The van der Waals surface area contributed by atoms with Gasteiger partial charge in [-0.2, -0.15) is 0 Å². The number of esters is 1. The maximum absolute atomic E-state index is 13.4. The van der Waals surface area contributed by atoms with E-state index in [0.717, 1.165) is 16.3 Å². The Labute approximate surface area is 227 Å². The summed E-state index contributed by atoms with van der Waals surface area (Å²) in [5.41, 5.74) is 2.86. The van der Waals surface area contributed by atoms with Gasteiger partial charge in [-0.3, -0.25) is 14.4 Å². The number of hydrogen-bond acceptors (Lipinski definition) is 8. The Hall–Kier alpha value is -3.40. The molecule has 0 saturated heterocycles. The normalized spacial score (nSPS) is 13.4. The van der Waals surface area contributed by atoms with Crippen LogP contribution < -0.4 is 5.32 Å². The third kappa shape index (κ3) is 8.31. The van der Waals surface area contributed by atoms with Crippen molar-refractivity contribution in [3.05, 3.63) is 87.4 Å². The first-order valence-corrected chi connectivity index (χ1v) is 13.4. The van der Waals surface area contributed by atoms with Gasteiger partial charge in [0.1, 0.15) is 11.0 Å². The van der Waals surface area contributed by atoms with Crippen LogP contribution in [0.3, 0.4) is 0 Å². The highest BCUT2D eigenvalue weighted by atomic mass is 32.1. The van der Waals surface area contributed by atoms with Gasteiger partial charge in [-0.1, -0.05) is 42.5 Å². The highest BCUT2D eigenvalue weighted by Gasteiger charge is 2.26. The number of ether oxygens (including phenoxy) is 1. The number of nitrogens with one attached hydrogen (secondary N) is 1. The Morgan fingerprint density at radius 2 is 1.82 bits per heavy atom. The van der Waals surface area contributed by atoms with E-state index in [1.807, 2.05) is 42.6 Å². The smallest absolute Gasteiger partial charge is 0.325 e. The number of ketones is 1. The first-order valence-electron chi connectivity index (χ1n) is 12.5. The fraction of sp³-hybridized carbons (Fsp3) is 0.379. The Morgan fingerprint density at radius 1 is 1.11 bits per heavy atom. The molecule has 0 spiro atoms. The molecule has 0 unspecified atom stereocenters. The topological polar surface area (TPSA) is 109 Å². The Bertz CT molecular complexity index is 1230. The van der Waals surface area contributed by atoms with Crippen LogP contribution in [0.4, 0.5) is 0 Å². The molecule has 2 N–H and O–H groups in total. The van der Waals surface area contributed by atoms with Crippen LogP contribution in [0, 0.1) is 12.8 Å². The van der Waals surface area contributed by atoms with E-state index in [1.54, 1.807) is 36.2 Å². The molecule has 0 aliphatic heterocycles. The molecule has 0 aliphatic carbocycles. The lowest BCUT2D eigenvalue weighted by atomic mass is 9.91. The molecule has 0 aliphatic rings. The molecule has 0 fully saturated rings. The average Bonchev–Trinajstić information content (AvgIpc) is 3.32. The molecular weight excluding hydrogens is 502 g/mol. The van der Waals surface area contributed by atoms with Crippen molar-refractivity contribution in [2.24, 2.45) is 5.92 Å². The van der Waals surface area contributed by atoms with Gasteiger partial charge in [-0.15, -0.1) is 11.3 Å². The van der Waals surface area contributed by atoms with Crippen LogP contribution in [-0.4, -0.2) is 65.5 Å². The predicted molar refractivity (Wildman–Crippen MR) is 147 cm³/mol. The minimum Gasteiger partial charge on any atom is -0.468 e. The number of Topliss-reactive ketones (excluding diaryl/α,β-unsaturated/α-hetero) is 1. The molecule has 3 aromatic rings. The molecule has 3 atom stereocenters. The van der Waals surface area contributed by atoms with Crippen LogP contribution in [0.2, 0.25) is 0 Å². The van der Waals surface area contributed by atoms with Gasteiger partial charge in [0, 0.05) is 35.7 Å². The Morgan fingerprint density at radius 3 is 2.45 bits per heavy atom. The number of nitrogens with zero attached hydrogens (tertiary/aromatic N) is 2. The van der Waals surface area contributed by atoms with Gasteiger partial charge in [0.2, 0.25) is 0 Å². The molecule has 1 aromatic heterocycles. The summed E-state index contributed by atoms with van der Waals surface area (Å²) in [6.07, 6.45) is -0.160. The molecular formula is C29H35N3O5S. The van der Waals surface area contributed by atoms with Crippen LogP contribution in [-0.2, 0) is 22.5 Å². The van der Waals surface area contributed by atoms with E-state index < -0.39 is 18.1 Å². The second kappa shape index (κ2) is 13.9. The summed E-state index contributed by atoms with van der Waals surface area (Å²) in [4.78, 5) is 44.5. The van der Waals surface area contributed by atoms with E-state index in [0.29, 0.717) is 30.6 Å². The summed E-state index contributed by atoms with van der Waals surface area (Å²) >= 11 is 1.51. The van der Waals surface area contributed by atoms with Gasteiger partial charge in [0.15, 0.2) is 5.78 Å². The molecule has 2 aromatic carbocycles. The first kappa shape index (κ1) is 29.2. The van der Waals surface area contributed by atoms with Crippen LogP contribution in [0.15, 0.2) is 60.0 Å². The van der Waals surface area contributed by atoms with Gasteiger partial charge in [-0.25, -0.2) is 4.98 Å². The maximum atomic E-state index is 13.4. The minimum atomic E-state index is -0.955. The lowest BCUT2D eigenvalue weighted by molar-refractivity contribution is -0.145. The predicted octanol–water partition coefficient (Wildman–Crippen LogP) is 3.67. The van der Waals surface area contributed by atoms with Crippen molar-refractivity contribution in [3.63, 3.8) is 0 Å². The number of aromatic nitrogens is 1. The molecule has 1 amide bonds. The molecule has 0 bridgehead atoms. The number of aryl methyl sites for hydroxylation is 1. The summed E-state index contributed by atoms with van der Waals surface area (Å²) in [5.74, 6) is -1.01. The summed E-state index contributed by atoms with van der Waals surface area (Å²) in [6, 6.07) is 15.6. The van der Waals surface area contributed by atoms with Crippen molar-refractivity contribution < 1.29 is 24.2 Å². The van der Waals surface area contributed by atoms with E-state index in [2.05, 4.69) is 10.3 Å². The zero-order chi connectivity index (χ0) is 27.7. The second-order valence-electron chi connectivity index (χ2n) is 9.46. The molecule has 202 valence electrons. The fourth-order valence-corrected chi connectivity index (χ4v) is 5.04. The lowest BCUT2D eigenvalue weighted by Gasteiger charge is -2.23. The SMILES string of the molecule is COC(=O)[C@H](NC[C@@H](CC(=O)c1cccc(C(=O)N(C)Cc2nc(C)cs2)c1)Cc1ccccc1)[C@@H](C)O. The number of hydrogen-bond donors (Lipinski definition) is 2. The number of thiazole rings is 1. The number of carbonyl (C=O) groups excluding carboxylic acids is 3. The largest absolute Gasteiger partial charge is 0.468 e. The number of carbonyl (C=O) groups is 3. The number of benzene rings is 2. The highest BCUT2D eigenvalue weighted by molar-refractivity contribution is 7.09. The summed E-state index contributed by atoms with van der Waals surface area (Å²) in [7, 11) is 2.99. The zero-order valence-corrected chi connectivity index (χ0v) is 23.0. The quantitative estimate of drug-likeness (QED) is 0.253. The van der Waals surface area contributed by atoms with Gasteiger partial charge in [-0.05, 0) is 50.4 Å². The van der Waals surface area contributed by atoms with Crippen molar-refractivity contribution in [1.29, 1.82) is 0 Å². The standard InChI is InChI=1S/C29H35N3O5S/c1-19-18-38-26(31-19)17-32(3)28(35)24-12-8-11-23(15-24)25(34)14-22(13-21-9-6-5-7-10-21)16-30-27(20(2)33)29(36)37-4/h5-12,15,18,20,22,27,30,33H,13-14,16-17H2,1-4H3/t20-,22-,27-/m1/s1. The van der Waals surface area contributed by atoms with Crippen LogP contribution in [0.25, 0.3) is 0 Å². The van der Waals surface area contributed by atoms with Gasteiger partial charge < -0.3 is 20.1 Å². The van der Waals surface area contributed by atoms with Crippen LogP contribution in [0.5, 0.6) is 0 Å². The lowest BCUT2D eigenvalue weighted by Crippen LogP contribution is -2.47. The minimum absolute atomic E-state index is 0.104. The summed E-state index contributed by atoms with van der Waals surface area (Å²) in [5, 5.41) is 15.9. The van der Waals surface area contributed by atoms with Gasteiger partial charge in [0.25, 0.3) is 5.91 Å². The van der Waals surface area contributed by atoms with Crippen LogP contribution >= 0.6 is 11.3 Å². The number of amides is 1. The second-order valence-corrected chi connectivity index (χ2v) is 10.4. The maximum Gasteiger partial charge on any atom is 0.325 e. The first-order chi connectivity index (χ1) is 18.2. The van der Waals surface area contributed by atoms with Crippen molar-refractivity contribution in [1.82, 2.24) is 15.2 Å². The monoisotopic (exact) mass is 537 g/mol. The van der Waals surface area contributed by atoms with Crippen molar-refractivity contribution >= 4 is 29.0 Å². The van der Waals surface area contributed by atoms with Gasteiger partial charge >= 0.3 is 5.97 Å². The van der Waals surface area contributed by atoms with Crippen molar-refractivity contribution in [2.75, 3.05) is 20.7 Å². The fourth-order valence-electron chi connectivity index (χ4n) is 4.21. The highest BCUT2D eigenvalue weighted by Crippen LogP contribution is 2.19. The third-order valence-corrected chi connectivity index (χ3v) is 7.17. The Balaban J connectivity index is 1.72. The number of methoxy groups -OCH3 is 1. The van der Waals surface area contributed by atoms with E-state index >= 15 is 0 Å². The average molecular weight is 538 g/mol. The molecule has 1 heterocycles. The molecule has 0 radical (unpaired) electrons. The zero-order valence-electron chi connectivity index (χ0n) is 22.2. The molecule has 38 heavy (non-hydrogen) atoms. The molecule has 3 rings (SSSR count). The molecule has 9 heteroatoms. The van der Waals surface area contributed by atoms with E-state index in [1.165, 1.54) is 25.4 Å². The van der Waals surface area contributed by atoms with Crippen molar-refractivity contribution in [2.45, 2.75) is 45.4 Å². The van der Waals surface area contributed by atoms with E-state index in [4.69, 9.17) is 4.74 Å². The summed E-state index contributed by atoms with van der Waals surface area (Å²) < 4.78 is 4.80. The number of aliphatic hydroxyl groups is 1. The van der Waals surface area contributed by atoms with Crippen LogP contribution in [0.1, 0.15) is 50.3 Å². The van der Waals surface area contributed by atoms with Crippen molar-refractivity contribution in [3.8, 4) is 0 Å². The molecule has 0 saturated carbocycles. The Kier molecular flexibility index (Phi) is 10.7. The van der Waals surface area contributed by atoms with Gasteiger partial charge in [0.05, 0.1) is 19.8 Å². The number of aliphatic hydroxyl groups excluding tert-OH is 1. The van der Waals surface area contributed by atoms with E-state index in [9.17, 15) is 19.5 Å².